The first-order chi connectivity index (χ1) is 10.1. The molecule has 2 aromatic rings. The summed E-state index contributed by atoms with van der Waals surface area (Å²) in [5.41, 5.74) is 2.44. The van der Waals surface area contributed by atoms with Crippen molar-refractivity contribution in [1.29, 1.82) is 0 Å². The highest BCUT2D eigenvalue weighted by molar-refractivity contribution is 9.10. The Morgan fingerprint density at radius 2 is 1.86 bits per heavy atom. The third kappa shape index (κ3) is 4.51. The monoisotopic (exact) mass is 366 g/mol. The van der Waals surface area contributed by atoms with Crippen molar-refractivity contribution in [3.8, 4) is 0 Å². The van der Waals surface area contributed by atoms with Gasteiger partial charge in [-0.2, -0.15) is 0 Å². The number of methoxy groups -OCH3 is 1. The molecule has 0 bridgehead atoms. The predicted octanol–water partition coefficient (Wildman–Crippen LogP) is 3.68. The van der Waals surface area contributed by atoms with Crippen molar-refractivity contribution in [2.45, 2.75) is 11.5 Å². The molecule has 0 aliphatic heterocycles. The predicted molar refractivity (Wildman–Crippen MR) is 87.5 cm³/mol. The number of carbonyl (C=O) groups is 1. The Balaban J connectivity index is 2.06. The lowest BCUT2D eigenvalue weighted by Gasteiger charge is -2.07. The van der Waals surface area contributed by atoms with Gasteiger partial charge in [0.2, 0.25) is 0 Å². The van der Waals surface area contributed by atoms with Crippen molar-refractivity contribution in [2.75, 3.05) is 7.11 Å². The fourth-order valence-electron chi connectivity index (χ4n) is 1.89. The maximum Gasteiger partial charge on any atom is 0.337 e. The van der Waals surface area contributed by atoms with Crippen molar-refractivity contribution in [1.82, 2.24) is 0 Å². The van der Waals surface area contributed by atoms with Gasteiger partial charge in [0, 0.05) is 26.8 Å². The van der Waals surface area contributed by atoms with Crippen LogP contribution in [0.3, 0.4) is 0 Å². The summed E-state index contributed by atoms with van der Waals surface area (Å²) in [6.45, 7) is 0. The molecule has 0 aliphatic carbocycles. The Kier molecular flexibility index (Phi) is 5.70. The summed E-state index contributed by atoms with van der Waals surface area (Å²) in [4.78, 5) is 11.4. The molecule has 0 saturated heterocycles. The lowest BCUT2D eigenvalue weighted by atomic mass is 10.1. The average Bonchev–Trinajstić information content (AvgIpc) is 2.49. The van der Waals surface area contributed by atoms with Crippen molar-refractivity contribution in [3.63, 3.8) is 0 Å². The minimum Gasteiger partial charge on any atom is -0.465 e. The molecular weight excluding hydrogens is 352 g/mol. The molecule has 110 valence electrons. The van der Waals surface area contributed by atoms with Crippen LogP contribution in [-0.4, -0.2) is 17.3 Å². The molecule has 0 spiro atoms. The van der Waals surface area contributed by atoms with Crippen LogP contribution in [0.25, 0.3) is 0 Å². The largest absolute Gasteiger partial charge is 0.465 e. The second kappa shape index (κ2) is 7.52. The van der Waals surface area contributed by atoms with Gasteiger partial charge in [-0.25, -0.2) is 4.79 Å². The molecular formula is C16H15BrO3S. The third-order valence-electron chi connectivity index (χ3n) is 2.96. The Morgan fingerprint density at radius 3 is 2.48 bits per heavy atom. The van der Waals surface area contributed by atoms with Crippen LogP contribution in [0.5, 0.6) is 0 Å². The highest BCUT2D eigenvalue weighted by Gasteiger charge is 2.11. The molecule has 0 heterocycles. The number of esters is 1. The number of hydrogen-bond acceptors (Lipinski definition) is 3. The fraction of sp³-hybridized carbons (Fsp3) is 0.188. The molecule has 0 N–H and O–H groups in total. The van der Waals surface area contributed by atoms with E-state index in [1.165, 1.54) is 7.11 Å². The van der Waals surface area contributed by atoms with Crippen molar-refractivity contribution >= 4 is 32.7 Å². The number of benzene rings is 2. The van der Waals surface area contributed by atoms with Crippen LogP contribution in [-0.2, 0) is 27.0 Å². The zero-order valence-corrected chi connectivity index (χ0v) is 13.9. The molecule has 3 nitrogen and oxygen atoms in total. The molecule has 0 radical (unpaired) electrons. The van der Waals surface area contributed by atoms with Gasteiger partial charge in [-0.15, -0.1) is 0 Å². The van der Waals surface area contributed by atoms with Crippen LogP contribution in [0.4, 0.5) is 0 Å². The van der Waals surface area contributed by atoms with Gasteiger partial charge in [0.15, 0.2) is 0 Å². The van der Waals surface area contributed by atoms with E-state index in [1.807, 2.05) is 30.3 Å². The van der Waals surface area contributed by atoms with Crippen LogP contribution in [0.1, 0.15) is 21.5 Å². The van der Waals surface area contributed by atoms with Crippen LogP contribution in [0.2, 0.25) is 0 Å². The Hall–Kier alpha value is -1.46. The van der Waals surface area contributed by atoms with E-state index < -0.39 is 10.8 Å². The van der Waals surface area contributed by atoms with Crippen LogP contribution >= 0.6 is 15.9 Å². The number of halogens is 1. The second-order valence-corrected chi connectivity index (χ2v) is 6.82. The molecule has 0 aliphatic rings. The van der Waals surface area contributed by atoms with Gasteiger partial charge in [-0.05, 0) is 23.3 Å². The average molecular weight is 367 g/mol. The molecule has 21 heavy (non-hydrogen) atoms. The summed E-state index contributed by atoms with van der Waals surface area (Å²) < 4.78 is 17.6. The summed E-state index contributed by atoms with van der Waals surface area (Å²) >= 11 is 3.42. The number of hydrogen-bond donors (Lipinski definition) is 0. The number of ether oxygens (including phenoxy) is 1. The molecule has 0 amide bonds. The zero-order chi connectivity index (χ0) is 15.2. The Labute approximate surface area is 134 Å². The summed E-state index contributed by atoms with van der Waals surface area (Å²) in [5.74, 6) is 0.579. The third-order valence-corrected chi connectivity index (χ3v) is 4.99. The van der Waals surface area contributed by atoms with E-state index in [1.54, 1.807) is 18.2 Å². The van der Waals surface area contributed by atoms with E-state index in [-0.39, 0.29) is 5.97 Å². The van der Waals surface area contributed by atoms with Gasteiger partial charge in [0.25, 0.3) is 0 Å². The SMILES string of the molecule is COC(=O)c1ccc(CS(=O)Cc2ccccc2)c(Br)c1. The van der Waals surface area contributed by atoms with E-state index in [4.69, 9.17) is 0 Å². The smallest absolute Gasteiger partial charge is 0.337 e. The van der Waals surface area contributed by atoms with Gasteiger partial charge in [-0.3, -0.25) is 4.21 Å². The zero-order valence-electron chi connectivity index (χ0n) is 11.5. The maximum absolute atomic E-state index is 12.2. The van der Waals surface area contributed by atoms with E-state index in [0.717, 1.165) is 15.6 Å². The minimum absolute atomic E-state index is 0.382. The Morgan fingerprint density at radius 1 is 1.14 bits per heavy atom. The summed E-state index contributed by atoms with van der Waals surface area (Å²) in [6, 6.07) is 14.9. The topological polar surface area (TPSA) is 43.4 Å². The first kappa shape index (κ1) is 15.9. The molecule has 2 rings (SSSR count). The van der Waals surface area contributed by atoms with E-state index in [9.17, 15) is 9.00 Å². The van der Waals surface area contributed by atoms with Gasteiger partial charge in [0.1, 0.15) is 0 Å². The van der Waals surface area contributed by atoms with Gasteiger partial charge in [-0.1, -0.05) is 52.3 Å². The summed E-state index contributed by atoms with van der Waals surface area (Å²) in [5, 5.41) is 0. The molecule has 0 saturated carbocycles. The lowest BCUT2D eigenvalue weighted by molar-refractivity contribution is 0.0600. The molecule has 5 heteroatoms. The van der Waals surface area contributed by atoms with E-state index >= 15 is 0 Å². The van der Waals surface area contributed by atoms with Crippen LogP contribution in [0, 0.1) is 0 Å². The van der Waals surface area contributed by atoms with Crippen molar-refractivity contribution in [3.05, 3.63) is 69.7 Å². The van der Waals surface area contributed by atoms with E-state index in [2.05, 4.69) is 20.7 Å². The summed E-state index contributed by atoms with van der Waals surface area (Å²) in [7, 11) is 0.349. The van der Waals surface area contributed by atoms with Crippen LogP contribution < -0.4 is 0 Å². The Bertz CT molecular complexity index is 656. The van der Waals surface area contributed by atoms with Gasteiger partial charge >= 0.3 is 5.97 Å². The number of carbonyl (C=O) groups excluding carboxylic acids is 1. The number of rotatable bonds is 5. The standard InChI is InChI=1S/C16H15BrO3S/c1-20-16(18)13-7-8-14(15(17)9-13)11-21(19)10-12-5-3-2-4-6-12/h2-9H,10-11H2,1H3. The lowest BCUT2D eigenvalue weighted by Crippen LogP contribution is -2.04. The van der Waals surface area contributed by atoms with Crippen molar-refractivity contribution < 1.29 is 13.7 Å². The highest BCUT2D eigenvalue weighted by Crippen LogP contribution is 2.21. The van der Waals surface area contributed by atoms with Gasteiger partial charge in [0.05, 0.1) is 12.7 Å². The fourth-order valence-corrected chi connectivity index (χ4v) is 3.86. The molecule has 0 fully saturated rings. The maximum atomic E-state index is 12.2. The first-order valence-corrected chi connectivity index (χ1v) is 8.64. The molecule has 2 aromatic carbocycles. The van der Waals surface area contributed by atoms with Gasteiger partial charge < -0.3 is 4.74 Å². The van der Waals surface area contributed by atoms with Crippen molar-refractivity contribution in [2.24, 2.45) is 0 Å². The molecule has 1 atom stereocenters. The van der Waals surface area contributed by atoms with E-state index in [0.29, 0.717) is 17.1 Å². The quantitative estimate of drug-likeness (QED) is 0.758. The highest BCUT2D eigenvalue weighted by atomic mass is 79.9. The first-order valence-electron chi connectivity index (χ1n) is 6.36. The van der Waals surface area contributed by atoms with Crippen LogP contribution in [0.15, 0.2) is 53.0 Å². The summed E-state index contributed by atoms with van der Waals surface area (Å²) in [6.07, 6.45) is 0. The molecule has 0 aromatic heterocycles. The normalized spacial score (nSPS) is 11.9. The second-order valence-electron chi connectivity index (χ2n) is 4.51. The molecule has 1 unspecified atom stereocenters. The minimum atomic E-state index is -0.998.